The molecule has 206 valence electrons. The van der Waals surface area contributed by atoms with Crippen LogP contribution in [0.4, 0.5) is 5.82 Å². The molecule has 11 heteroatoms. The standard InChI is InChI=1S/C26H41N5O5S/c1-20-15-23(35-8)16-21(2)26(20)37(33,34)31(7)13-14-36-19-25(32)30(6)18-22-9-10-24(27-17-22)29(5)12-11-28(3)4/h9-10,15-17H,11-14,18-19H2,1-8H3. The van der Waals surface area contributed by atoms with Gasteiger partial charge in [-0.05, 0) is 62.8 Å². The van der Waals surface area contributed by atoms with Crippen LogP contribution in [-0.4, -0.2) is 109 Å². The number of methoxy groups -OCH3 is 1. The molecule has 1 aromatic heterocycles. The second kappa shape index (κ2) is 13.7. The van der Waals surface area contributed by atoms with Crippen molar-refractivity contribution in [3.63, 3.8) is 0 Å². The van der Waals surface area contributed by atoms with Crippen molar-refractivity contribution < 1.29 is 22.7 Å². The van der Waals surface area contributed by atoms with Crippen molar-refractivity contribution in [3.8, 4) is 5.75 Å². The number of amides is 1. The third-order valence-corrected chi connectivity index (χ3v) is 8.21. The molecule has 0 fully saturated rings. The van der Waals surface area contributed by atoms with Crippen LogP contribution in [0.5, 0.6) is 5.75 Å². The van der Waals surface area contributed by atoms with Crippen molar-refractivity contribution in [1.82, 2.24) is 19.1 Å². The number of carbonyl (C=O) groups excluding carboxylic acids is 1. The van der Waals surface area contributed by atoms with Crippen LogP contribution in [0.2, 0.25) is 0 Å². The van der Waals surface area contributed by atoms with Gasteiger partial charge >= 0.3 is 0 Å². The summed E-state index contributed by atoms with van der Waals surface area (Å²) in [6, 6.07) is 7.31. The van der Waals surface area contributed by atoms with Gasteiger partial charge in [0.2, 0.25) is 15.9 Å². The van der Waals surface area contributed by atoms with Gasteiger partial charge in [-0.1, -0.05) is 6.07 Å². The SMILES string of the molecule is COc1cc(C)c(S(=O)(=O)N(C)CCOCC(=O)N(C)Cc2ccc(N(C)CCN(C)C)nc2)c(C)c1. The molecule has 2 aromatic rings. The smallest absolute Gasteiger partial charge is 0.248 e. The fourth-order valence-corrected chi connectivity index (χ4v) is 5.29. The van der Waals surface area contributed by atoms with E-state index in [0.29, 0.717) is 23.4 Å². The molecule has 0 radical (unpaired) electrons. The maximum atomic E-state index is 13.1. The van der Waals surface area contributed by atoms with Gasteiger partial charge in [-0.15, -0.1) is 0 Å². The quantitative estimate of drug-likeness (QED) is 0.339. The first kappa shape index (κ1) is 30.5. The maximum Gasteiger partial charge on any atom is 0.248 e. The van der Waals surface area contributed by atoms with Crippen molar-refractivity contribution in [3.05, 3.63) is 47.2 Å². The van der Waals surface area contributed by atoms with Crippen LogP contribution in [0.25, 0.3) is 0 Å². The molecule has 1 aromatic carbocycles. The Morgan fingerprint density at radius 1 is 0.973 bits per heavy atom. The van der Waals surface area contributed by atoms with Crippen LogP contribution in [0, 0.1) is 13.8 Å². The number of aromatic nitrogens is 1. The summed E-state index contributed by atoms with van der Waals surface area (Å²) >= 11 is 0. The first-order valence-corrected chi connectivity index (χ1v) is 13.5. The molecule has 0 unspecified atom stereocenters. The lowest BCUT2D eigenvalue weighted by Gasteiger charge is -2.22. The largest absolute Gasteiger partial charge is 0.497 e. The Morgan fingerprint density at radius 3 is 2.16 bits per heavy atom. The third kappa shape index (κ3) is 8.67. The zero-order valence-corrected chi connectivity index (χ0v) is 24.1. The molecule has 0 saturated heterocycles. The fraction of sp³-hybridized carbons (Fsp3) is 0.538. The Labute approximate surface area is 221 Å². The first-order chi connectivity index (χ1) is 17.4. The van der Waals surface area contributed by atoms with Crippen molar-refractivity contribution >= 4 is 21.7 Å². The lowest BCUT2D eigenvalue weighted by atomic mass is 10.1. The van der Waals surface area contributed by atoms with Gasteiger partial charge in [0.05, 0.1) is 18.6 Å². The van der Waals surface area contributed by atoms with E-state index in [0.717, 1.165) is 24.5 Å². The number of rotatable bonds is 14. The minimum absolute atomic E-state index is 0.0963. The summed E-state index contributed by atoms with van der Waals surface area (Å²) in [5.74, 6) is 1.29. The minimum atomic E-state index is -3.71. The van der Waals surface area contributed by atoms with Crippen LogP contribution in [0.1, 0.15) is 16.7 Å². The third-order valence-electron chi connectivity index (χ3n) is 6.04. The second-order valence-electron chi connectivity index (χ2n) is 9.47. The van der Waals surface area contributed by atoms with Crippen LogP contribution in [0.15, 0.2) is 35.4 Å². The molecule has 37 heavy (non-hydrogen) atoms. The molecule has 0 N–H and O–H groups in total. The number of likely N-dealkylation sites (N-methyl/N-ethyl adjacent to an activating group) is 4. The van der Waals surface area contributed by atoms with Gasteiger partial charge in [-0.3, -0.25) is 4.79 Å². The Hall–Kier alpha value is -2.73. The summed E-state index contributed by atoms with van der Waals surface area (Å²) in [4.78, 5) is 23.0. The predicted molar refractivity (Wildman–Crippen MR) is 146 cm³/mol. The highest BCUT2D eigenvalue weighted by Gasteiger charge is 2.25. The molecular weight excluding hydrogens is 494 g/mol. The average molecular weight is 536 g/mol. The van der Waals surface area contributed by atoms with Gasteiger partial charge in [0.15, 0.2) is 0 Å². The fourth-order valence-electron chi connectivity index (χ4n) is 3.74. The molecule has 2 rings (SSSR count). The number of hydrogen-bond acceptors (Lipinski definition) is 8. The lowest BCUT2D eigenvalue weighted by Crippen LogP contribution is -2.33. The van der Waals surface area contributed by atoms with Gasteiger partial charge < -0.3 is 24.2 Å². The van der Waals surface area contributed by atoms with Crippen molar-refractivity contribution in [2.24, 2.45) is 0 Å². The minimum Gasteiger partial charge on any atom is -0.497 e. The van der Waals surface area contributed by atoms with Crippen molar-refractivity contribution in [2.75, 3.05) is 80.1 Å². The highest BCUT2D eigenvalue weighted by Crippen LogP contribution is 2.27. The average Bonchev–Trinajstić information content (AvgIpc) is 2.84. The molecule has 0 bridgehead atoms. The molecule has 0 spiro atoms. The topological polar surface area (TPSA) is 95.5 Å². The summed E-state index contributed by atoms with van der Waals surface area (Å²) < 4.78 is 38.1. The Bertz CT molecular complexity index is 1120. The van der Waals surface area contributed by atoms with E-state index in [1.165, 1.54) is 11.4 Å². The first-order valence-electron chi connectivity index (χ1n) is 12.1. The summed E-state index contributed by atoms with van der Waals surface area (Å²) in [6.07, 6.45) is 1.77. The van der Waals surface area contributed by atoms with E-state index in [2.05, 4.69) is 14.8 Å². The number of aryl methyl sites for hydroxylation is 2. The molecule has 0 aliphatic heterocycles. The number of sulfonamides is 1. The Balaban J connectivity index is 1.83. The van der Waals surface area contributed by atoms with Crippen molar-refractivity contribution in [1.29, 1.82) is 0 Å². The molecule has 10 nitrogen and oxygen atoms in total. The molecule has 0 aliphatic rings. The highest BCUT2D eigenvalue weighted by molar-refractivity contribution is 7.89. The number of anilines is 1. The van der Waals surface area contributed by atoms with E-state index in [1.54, 1.807) is 51.2 Å². The highest BCUT2D eigenvalue weighted by atomic mass is 32.2. The normalized spacial score (nSPS) is 11.7. The van der Waals surface area contributed by atoms with Crippen LogP contribution in [0.3, 0.4) is 0 Å². The molecular formula is C26H41N5O5S. The molecule has 0 atom stereocenters. The zero-order valence-electron chi connectivity index (χ0n) is 23.3. The molecule has 0 aliphatic carbocycles. The number of carbonyl (C=O) groups is 1. The molecule has 0 saturated carbocycles. The van der Waals surface area contributed by atoms with Crippen molar-refractivity contribution in [2.45, 2.75) is 25.3 Å². The summed E-state index contributed by atoms with van der Waals surface area (Å²) in [6.45, 7) is 5.77. The lowest BCUT2D eigenvalue weighted by molar-refractivity contribution is -0.135. The van der Waals surface area contributed by atoms with Crippen LogP contribution < -0.4 is 9.64 Å². The molecule has 1 heterocycles. The van der Waals surface area contributed by atoms with Gasteiger partial charge in [0.25, 0.3) is 0 Å². The zero-order chi connectivity index (χ0) is 27.8. The maximum absolute atomic E-state index is 13.1. The summed E-state index contributed by atoms with van der Waals surface area (Å²) in [7, 11) is 7.11. The number of nitrogens with zero attached hydrogens (tertiary/aromatic N) is 5. The summed E-state index contributed by atoms with van der Waals surface area (Å²) in [5, 5.41) is 0. The van der Waals surface area contributed by atoms with Gasteiger partial charge in [-0.2, -0.15) is 4.31 Å². The van der Waals surface area contributed by atoms with Crippen LogP contribution in [-0.2, 0) is 26.1 Å². The van der Waals surface area contributed by atoms with E-state index < -0.39 is 10.0 Å². The summed E-state index contributed by atoms with van der Waals surface area (Å²) in [5.41, 5.74) is 2.14. The predicted octanol–water partition coefficient (Wildman–Crippen LogP) is 2.00. The number of pyridine rings is 1. The number of benzene rings is 1. The van der Waals surface area contributed by atoms with Crippen LogP contribution >= 0.6 is 0 Å². The molecule has 1 amide bonds. The Kier molecular flexibility index (Phi) is 11.3. The Morgan fingerprint density at radius 2 is 1.62 bits per heavy atom. The van der Waals surface area contributed by atoms with E-state index in [-0.39, 0.29) is 30.6 Å². The second-order valence-corrected chi connectivity index (χ2v) is 11.5. The van der Waals surface area contributed by atoms with Gasteiger partial charge in [0.1, 0.15) is 18.2 Å². The van der Waals surface area contributed by atoms with Gasteiger partial charge in [-0.25, -0.2) is 13.4 Å². The van der Waals surface area contributed by atoms with E-state index >= 15 is 0 Å². The number of ether oxygens (including phenoxy) is 2. The van der Waals surface area contributed by atoms with E-state index in [4.69, 9.17) is 9.47 Å². The van der Waals surface area contributed by atoms with E-state index in [1.807, 2.05) is 33.3 Å². The number of hydrogen-bond donors (Lipinski definition) is 0. The van der Waals surface area contributed by atoms with Gasteiger partial charge in [0, 0.05) is 53.5 Å². The monoisotopic (exact) mass is 535 g/mol. The van der Waals surface area contributed by atoms with E-state index in [9.17, 15) is 13.2 Å².